The molecule has 1 amide bonds. The van der Waals surface area contributed by atoms with Gasteiger partial charge in [0, 0.05) is 10.2 Å². The van der Waals surface area contributed by atoms with Crippen LogP contribution in [0.25, 0.3) is 0 Å². The lowest BCUT2D eigenvalue weighted by molar-refractivity contribution is -0.117. The normalized spacial score (nSPS) is 10.0. The molecule has 0 saturated carbocycles. The number of amides is 1. The van der Waals surface area contributed by atoms with Crippen molar-refractivity contribution in [3.63, 3.8) is 0 Å². The number of carbonyl (C=O) groups is 1. The molecule has 8 heteroatoms. The zero-order valence-corrected chi connectivity index (χ0v) is 14.8. The van der Waals surface area contributed by atoms with Gasteiger partial charge in [0.1, 0.15) is 11.6 Å². The van der Waals surface area contributed by atoms with E-state index in [9.17, 15) is 4.79 Å². The summed E-state index contributed by atoms with van der Waals surface area (Å²) in [5.74, 6) is -0.182. The maximum Gasteiger partial charge on any atom is 0.246 e. The third-order valence-electron chi connectivity index (χ3n) is 2.72. The van der Waals surface area contributed by atoms with Crippen LogP contribution in [0.3, 0.4) is 0 Å². The van der Waals surface area contributed by atoms with Crippen LogP contribution in [0.2, 0.25) is 0 Å². The van der Waals surface area contributed by atoms with E-state index in [1.54, 1.807) is 0 Å². The molecule has 1 aromatic heterocycles. The van der Waals surface area contributed by atoms with Crippen molar-refractivity contribution in [1.29, 1.82) is 5.41 Å². The predicted octanol–water partition coefficient (Wildman–Crippen LogP) is -0.300. The Bertz CT molecular complexity index is 698. The van der Waals surface area contributed by atoms with E-state index in [4.69, 9.17) is 5.41 Å². The Balaban J connectivity index is 0.00000220. The van der Waals surface area contributed by atoms with Gasteiger partial charge in [-0.2, -0.15) is 5.10 Å². The van der Waals surface area contributed by atoms with Crippen LogP contribution in [0, 0.1) is 12.3 Å². The Morgan fingerprint density at radius 1 is 1.52 bits per heavy atom. The summed E-state index contributed by atoms with van der Waals surface area (Å²) in [6.07, 6.45) is 0.775. The quantitative estimate of drug-likeness (QED) is 0.752. The Morgan fingerprint density at radius 3 is 2.81 bits per heavy atom. The first-order valence-corrected chi connectivity index (χ1v) is 7.78. The number of hydrogen-bond acceptors (Lipinski definition) is 4. The van der Waals surface area contributed by atoms with Gasteiger partial charge in [-0.05, 0) is 37.1 Å². The highest BCUT2D eigenvalue weighted by molar-refractivity contribution is 9.10. The van der Waals surface area contributed by atoms with Gasteiger partial charge >= 0.3 is 0 Å². The molecule has 0 aliphatic rings. The summed E-state index contributed by atoms with van der Waals surface area (Å²) in [6, 6.07) is 5.62. The standard InChI is InChI=1S/C13H15BrN4OS.ClH/c1-3-12-17-18(13(15)20-12)7-11(19)16-9-4-5-10(14)8(2)6-9;/h4-6,15H,3,7H2,1-2H3,(H,16,19);1H/p-1. The van der Waals surface area contributed by atoms with E-state index in [1.807, 2.05) is 32.0 Å². The lowest BCUT2D eigenvalue weighted by atomic mass is 10.2. The van der Waals surface area contributed by atoms with E-state index in [1.165, 1.54) is 16.0 Å². The number of benzene rings is 1. The summed E-state index contributed by atoms with van der Waals surface area (Å²) in [7, 11) is 0. The maximum atomic E-state index is 12.0. The molecule has 2 aromatic rings. The average molecular weight is 391 g/mol. The van der Waals surface area contributed by atoms with Crippen LogP contribution in [0.15, 0.2) is 22.7 Å². The fraction of sp³-hybridized carbons (Fsp3) is 0.308. The number of aromatic nitrogens is 2. The third kappa shape index (κ3) is 4.66. The molecule has 0 aliphatic heterocycles. The number of aryl methyl sites for hydroxylation is 2. The first kappa shape index (κ1) is 17.9. The van der Waals surface area contributed by atoms with Gasteiger partial charge in [-0.3, -0.25) is 10.2 Å². The molecule has 0 bridgehead atoms. The Kier molecular flexibility index (Phi) is 6.57. The number of nitrogens with zero attached hydrogens (tertiary/aromatic N) is 2. The number of hydrogen-bond donors (Lipinski definition) is 2. The fourth-order valence-electron chi connectivity index (χ4n) is 1.67. The second-order valence-corrected chi connectivity index (χ2v) is 6.24. The van der Waals surface area contributed by atoms with Crippen molar-refractivity contribution in [3.8, 4) is 0 Å². The molecule has 1 heterocycles. The van der Waals surface area contributed by atoms with Crippen molar-refractivity contribution >= 4 is 38.9 Å². The van der Waals surface area contributed by atoms with Gasteiger partial charge in [-0.15, -0.1) is 0 Å². The first-order chi connectivity index (χ1) is 9.49. The Labute approximate surface area is 141 Å². The molecule has 2 rings (SSSR count). The highest BCUT2D eigenvalue weighted by Gasteiger charge is 2.08. The molecule has 0 fully saturated rings. The zero-order chi connectivity index (χ0) is 14.7. The van der Waals surface area contributed by atoms with Crippen molar-refractivity contribution in [2.24, 2.45) is 0 Å². The second kappa shape index (κ2) is 7.72. The SMILES string of the molecule is CCc1nn(CC(=O)Nc2ccc(Br)c(C)c2)c(=N)s1.[Cl-]. The van der Waals surface area contributed by atoms with Crippen molar-refractivity contribution in [3.05, 3.63) is 38.0 Å². The molecule has 0 saturated heterocycles. The minimum atomic E-state index is -0.182. The molecule has 1 aromatic carbocycles. The van der Waals surface area contributed by atoms with Crippen LogP contribution in [0.4, 0.5) is 5.69 Å². The van der Waals surface area contributed by atoms with Gasteiger partial charge in [0.15, 0.2) is 0 Å². The number of nitrogens with one attached hydrogen (secondary N) is 2. The van der Waals surface area contributed by atoms with Crippen molar-refractivity contribution in [2.45, 2.75) is 26.8 Å². The monoisotopic (exact) mass is 389 g/mol. The summed E-state index contributed by atoms with van der Waals surface area (Å²) in [5.41, 5.74) is 1.80. The largest absolute Gasteiger partial charge is 1.00 e. The lowest BCUT2D eigenvalue weighted by Gasteiger charge is -2.07. The predicted molar refractivity (Wildman–Crippen MR) is 82.8 cm³/mol. The molecular formula is C13H15BrClN4OS-. The molecule has 0 radical (unpaired) electrons. The van der Waals surface area contributed by atoms with E-state index in [0.29, 0.717) is 4.80 Å². The van der Waals surface area contributed by atoms with Gasteiger partial charge in [0.2, 0.25) is 10.7 Å². The smallest absolute Gasteiger partial charge is 0.246 e. The Morgan fingerprint density at radius 2 is 2.24 bits per heavy atom. The number of rotatable bonds is 4. The fourth-order valence-corrected chi connectivity index (χ4v) is 2.64. The van der Waals surface area contributed by atoms with Crippen molar-refractivity contribution in [1.82, 2.24) is 9.78 Å². The van der Waals surface area contributed by atoms with Crippen LogP contribution in [0.5, 0.6) is 0 Å². The zero-order valence-electron chi connectivity index (χ0n) is 11.6. The minimum absolute atomic E-state index is 0. The second-order valence-electron chi connectivity index (χ2n) is 4.32. The van der Waals surface area contributed by atoms with Crippen molar-refractivity contribution in [2.75, 3.05) is 5.32 Å². The molecule has 0 aliphatic carbocycles. The first-order valence-electron chi connectivity index (χ1n) is 6.17. The molecule has 0 atom stereocenters. The van der Waals surface area contributed by atoms with E-state index in [0.717, 1.165) is 27.2 Å². The van der Waals surface area contributed by atoms with E-state index in [2.05, 4.69) is 26.3 Å². The topological polar surface area (TPSA) is 70.8 Å². The van der Waals surface area contributed by atoms with E-state index >= 15 is 0 Å². The molecular weight excluding hydrogens is 376 g/mol. The summed E-state index contributed by atoms with van der Waals surface area (Å²) in [6.45, 7) is 4.00. The van der Waals surface area contributed by atoms with Crippen LogP contribution in [-0.4, -0.2) is 15.7 Å². The molecule has 0 spiro atoms. The summed E-state index contributed by atoms with van der Waals surface area (Å²) in [4.78, 5) is 12.3. The molecule has 21 heavy (non-hydrogen) atoms. The van der Waals surface area contributed by atoms with E-state index in [-0.39, 0.29) is 24.9 Å². The molecule has 2 N–H and O–H groups in total. The minimum Gasteiger partial charge on any atom is -1.00 e. The number of carbonyl (C=O) groups excluding carboxylic acids is 1. The lowest BCUT2D eigenvalue weighted by Crippen LogP contribution is -3.00. The highest BCUT2D eigenvalue weighted by Crippen LogP contribution is 2.19. The summed E-state index contributed by atoms with van der Waals surface area (Å²) < 4.78 is 2.43. The molecule has 5 nitrogen and oxygen atoms in total. The number of anilines is 1. The van der Waals surface area contributed by atoms with Gasteiger partial charge < -0.3 is 17.7 Å². The van der Waals surface area contributed by atoms with E-state index < -0.39 is 0 Å². The molecule has 114 valence electrons. The molecule has 0 unspecified atom stereocenters. The van der Waals surface area contributed by atoms with Gasteiger partial charge in [0.25, 0.3) is 0 Å². The highest BCUT2D eigenvalue weighted by atomic mass is 79.9. The summed E-state index contributed by atoms with van der Waals surface area (Å²) >= 11 is 4.72. The van der Waals surface area contributed by atoms with Gasteiger partial charge in [-0.1, -0.05) is 34.2 Å². The Hall–Kier alpha value is -1.18. The van der Waals surface area contributed by atoms with Crippen LogP contribution < -0.4 is 22.5 Å². The van der Waals surface area contributed by atoms with Crippen LogP contribution >= 0.6 is 27.3 Å². The summed E-state index contributed by atoms with van der Waals surface area (Å²) in [5, 5.41) is 15.7. The maximum absolute atomic E-state index is 12.0. The average Bonchev–Trinajstić information content (AvgIpc) is 2.74. The number of halogens is 2. The third-order valence-corrected chi connectivity index (χ3v) is 4.62. The van der Waals surface area contributed by atoms with Crippen molar-refractivity contribution < 1.29 is 17.2 Å². The van der Waals surface area contributed by atoms with Gasteiger partial charge in [-0.25, -0.2) is 4.68 Å². The van der Waals surface area contributed by atoms with Crippen LogP contribution in [-0.2, 0) is 17.8 Å². The van der Waals surface area contributed by atoms with Crippen LogP contribution in [0.1, 0.15) is 17.5 Å². The van der Waals surface area contributed by atoms with Gasteiger partial charge in [0.05, 0.1) is 0 Å².